The van der Waals surface area contributed by atoms with Crippen LogP contribution in [0.2, 0.25) is 0 Å². The molecular formula is C24H25F3N2O5S. The summed E-state index contributed by atoms with van der Waals surface area (Å²) in [6.45, 7) is -3.08. The minimum absolute atomic E-state index is 0.000633. The van der Waals surface area contributed by atoms with Crippen LogP contribution in [0.3, 0.4) is 0 Å². The van der Waals surface area contributed by atoms with Gasteiger partial charge in [-0.1, -0.05) is 42.5 Å². The topological polar surface area (TPSA) is 108 Å². The maximum atomic E-state index is 14.9. The molecule has 2 atom stereocenters. The normalized spacial score (nSPS) is 13.4. The smallest absolute Gasteiger partial charge is 0.387 e. The number of phenolic OH excluding ortho intramolecular Hbond substituents is 1. The number of alkyl halides is 2. The number of aromatic hydroxyl groups is 1. The van der Waals surface area contributed by atoms with Gasteiger partial charge < -0.3 is 20.3 Å². The SMILES string of the molecule is CS(=O)(=O)Nc1c(O)ccc([C@@H](O)CN[C@H](Cc2ccccc2)c2ccc(OC(F)F)cc2)c1F. The quantitative estimate of drug-likeness (QED) is 0.289. The molecule has 0 unspecified atom stereocenters. The Morgan fingerprint density at radius 1 is 1.00 bits per heavy atom. The summed E-state index contributed by atoms with van der Waals surface area (Å²) in [5.74, 6) is -1.72. The van der Waals surface area contributed by atoms with Gasteiger partial charge in [0.15, 0.2) is 5.82 Å². The molecule has 3 aromatic carbocycles. The summed E-state index contributed by atoms with van der Waals surface area (Å²) in [7, 11) is -3.88. The van der Waals surface area contributed by atoms with E-state index in [2.05, 4.69) is 10.1 Å². The summed E-state index contributed by atoms with van der Waals surface area (Å²) in [6.07, 6.45) is -0.111. The molecule has 7 nitrogen and oxygen atoms in total. The number of benzene rings is 3. The van der Waals surface area contributed by atoms with Gasteiger partial charge in [-0.05, 0) is 41.8 Å². The summed E-state index contributed by atoms with van der Waals surface area (Å²) in [5.41, 5.74) is 0.802. The largest absolute Gasteiger partial charge is 0.506 e. The van der Waals surface area contributed by atoms with Crippen LogP contribution in [0.1, 0.15) is 28.8 Å². The first kappa shape index (κ1) is 26.3. The van der Waals surface area contributed by atoms with Crippen molar-refractivity contribution in [2.24, 2.45) is 0 Å². The van der Waals surface area contributed by atoms with Gasteiger partial charge in [-0.3, -0.25) is 4.72 Å². The van der Waals surface area contributed by atoms with E-state index in [1.54, 1.807) is 12.1 Å². The minimum Gasteiger partial charge on any atom is -0.506 e. The highest BCUT2D eigenvalue weighted by Crippen LogP contribution is 2.32. The number of hydrogen-bond donors (Lipinski definition) is 4. The average molecular weight is 511 g/mol. The Labute approximate surface area is 201 Å². The van der Waals surface area contributed by atoms with E-state index in [-0.39, 0.29) is 23.9 Å². The summed E-state index contributed by atoms with van der Waals surface area (Å²) in [6, 6.07) is 17.3. The van der Waals surface area contributed by atoms with Gasteiger partial charge in [-0.2, -0.15) is 8.78 Å². The molecule has 0 spiro atoms. The molecule has 0 bridgehead atoms. The number of halogens is 3. The molecule has 0 saturated carbocycles. The lowest BCUT2D eigenvalue weighted by Gasteiger charge is -2.23. The number of phenols is 1. The molecule has 0 radical (unpaired) electrons. The third kappa shape index (κ3) is 7.61. The number of hydrogen-bond acceptors (Lipinski definition) is 6. The summed E-state index contributed by atoms with van der Waals surface area (Å²) in [4.78, 5) is 0. The van der Waals surface area contributed by atoms with Crippen molar-refractivity contribution in [2.45, 2.75) is 25.2 Å². The molecule has 0 heterocycles. The van der Waals surface area contributed by atoms with Crippen LogP contribution in [-0.4, -0.2) is 38.0 Å². The highest BCUT2D eigenvalue weighted by Gasteiger charge is 2.22. The molecule has 3 aromatic rings. The van der Waals surface area contributed by atoms with E-state index in [9.17, 15) is 31.8 Å². The van der Waals surface area contributed by atoms with E-state index in [0.717, 1.165) is 24.0 Å². The number of nitrogens with one attached hydrogen (secondary N) is 2. The van der Waals surface area contributed by atoms with Crippen molar-refractivity contribution in [3.8, 4) is 11.5 Å². The second-order valence-electron chi connectivity index (χ2n) is 7.85. The monoisotopic (exact) mass is 510 g/mol. The van der Waals surface area contributed by atoms with Crippen molar-refractivity contribution in [1.82, 2.24) is 5.32 Å². The maximum absolute atomic E-state index is 14.9. The van der Waals surface area contributed by atoms with Crippen molar-refractivity contribution in [2.75, 3.05) is 17.5 Å². The zero-order valence-corrected chi connectivity index (χ0v) is 19.5. The molecule has 0 aliphatic heterocycles. The Morgan fingerprint density at radius 2 is 1.66 bits per heavy atom. The van der Waals surface area contributed by atoms with Crippen molar-refractivity contribution >= 4 is 15.7 Å². The molecular weight excluding hydrogens is 485 g/mol. The van der Waals surface area contributed by atoms with Crippen molar-refractivity contribution in [3.63, 3.8) is 0 Å². The van der Waals surface area contributed by atoms with Crippen LogP contribution in [0.4, 0.5) is 18.9 Å². The molecule has 0 aliphatic rings. The van der Waals surface area contributed by atoms with Gasteiger partial charge in [0.05, 0.1) is 12.4 Å². The third-order valence-electron chi connectivity index (χ3n) is 5.14. The number of rotatable bonds is 11. The fourth-order valence-corrected chi connectivity index (χ4v) is 4.09. The van der Waals surface area contributed by atoms with Gasteiger partial charge >= 0.3 is 6.61 Å². The van der Waals surface area contributed by atoms with Gasteiger partial charge in [-0.25, -0.2) is 12.8 Å². The first-order chi connectivity index (χ1) is 16.5. The van der Waals surface area contributed by atoms with Crippen LogP contribution in [0.15, 0.2) is 66.7 Å². The summed E-state index contributed by atoms with van der Waals surface area (Å²) < 4.78 is 69.1. The fourth-order valence-electron chi connectivity index (χ4n) is 3.52. The summed E-state index contributed by atoms with van der Waals surface area (Å²) >= 11 is 0. The number of aliphatic hydroxyl groups excluding tert-OH is 1. The molecule has 0 fully saturated rings. The number of aliphatic hydroxyl groups is 1. The predicted octanol–water partition coefficient (Wildman–Crippen LogP) is 4.11. The minimum atomic E-state index is -3.88. The molecule has 0 aliphatic carbocycles. The van der Waals surface area contributed by atoms with Crippen LogP contribution in [-0.2, 0) is 16.4 Å². The van der Waals surface area contributed by atoms with Gasteiger partial charge in [0, 0.05) is 18.2 Å². The molecule has 0 aromatic heterocycles. The second kappa shape index (κ2) is 11.4. The molecule has 188 valence electrons. The van der Waals surface area contributed by atoms with E-state index in [1.165, 1.54) is 12.1 Å². The van der Waals surface area contributed by atoms with Gasteiger partial charge in [0.1, 0.15) is 17.2 Å². The molecule has 11 heteroatoms. The van der Waals surface area contributed by atoms with E-state index in [1.807, 2.05) is 35.1 Å². The van der Waals surface area contributed by atoms with Crippen LogP contribution >= 0.6 is 0 Å². The van der Waals surface area contributed by atoms with Crippen LogP contribution in [0.5, 0.6) is 11.5 Å². The average Bonchev–Trinajstić information content (AvgIpc) is 2.79. The highest BCUT2D eigenvalue weighted by molar-refractivity contribution is 7.92. The fraction of sp³-hybridized carbons (Fsp3) is 0.250. The number of anilines is 1. The van der Waals surface area contributed by atoms with Gasteiger partial charge in [0.2, 0.25) is 10.0 Å². The Morgan fingerprint density at radius 3 is 2.26 bits per heavy atom. The van der Waals surface area contributed by atoms with Crippen LogP contribution < -0.4 is 14.8 Å². The lowest BCUT2D eigenvalue weighted by molar-refractivity contribution is -0.0498. The van der Waals surface area contributed by atoms with Gasteiger partial charge in [0.25, 0.3) is 0 Å². The van der Waals surface area contributed by atoms with Crippen LogP contribution in [0, 0.1) is 5.82 Å². The first-order valence-corrected chi connectivity index (χ1v) is 12.4. The zero-order valence-electron chi connectivity index (χ0n) is 18.7. The Balaban J connectivity index is 1.81. The predicted molar refractivity (Wildman–Crippen MR) is 125 cm³/mol. The van der Waals surface area contributed by atoms with Crippen molar-refractivity contribution in [1.29, 1.82) is 0 Å². The highest BCUT2D eigenvalue weighted by atomic mass is 32.2. The Bertz CT molecular complexity index is 1230. The van der Waals surface area contributed by atoms with Crippen molar-refractivity contribution in [3.05, 3.63) is 89.2 Å². The molecule has 35 heavy (non-hydrogen) atoms. The standard InChI is InChI=1S/C24H25F3N2O5S/c1-35(32,33)29-23-20(30)12-11-18(22(23)25)21(31)14-28-19(13-15-5-3-2-4-6-15)16-7-9-17(10-8-16)34-24(26)27/h2-12,19,21,24,28-31H,13-14H2,1H3/t19-,21+/m1/s1. The van der Waals surface area contributed by atoms with E-state index in [4.69, 9.17) is 0 Å². The van der Waals surface area contributed by atoms with Crippen LogP contribution in [0.25, 0.3) is 0 Å². The molecule has 4 N–H and O–H groups in total. The van der Waals surface area contributed by atoms with E-state index >= 15 is 0 Å². The molecule has 3 rings (SSSR count). The second-order valence-corrected chi connectivity index (χ2v) is 9.60. The van der Waals surface area contributed by atoms with Crippen molar-refractivity contribution < 1.29 is 36.5 Å². The maximum Gasteiger partial charge on any atom is 0.387 e. The first-order valence-electron chi connectivity index (χ1n) is 10.5. The number of sulfonamides is 1. The zero-order chi connectivity index (χ0) is 25.6. The lowest BCUT2D eigenvalue weighted by atomic mass is 9.98. The molecule has 0 saturated heterocycles. The number of ether oxygens (including phenoxy) is 1. The molecule has 0 amide bonds. The van der Waals surface area contributed by atoms with Gasteiger partial charge in [-0.15, -0.1) is 0 Å². The Kier molecular flexibility index (Phi) is 8.60. The van der Waals surface area contributed by atoms with E-state index in [0.29, 0.717) is 12.0 Å². The lowest BCUT2D eigenvalue weighted by Crippen LogP contribution is -2.28. The summed E-state index contributed by atoms with van der Waals surface area (Å²) in [5, 5.41) is 23.6. The third-order valence-corrected chi connectivity index (χ3v) is 5.72. The Hall–Kier alpha value is -3.28. The van der Waals surface area contributed by atoms with E-state index < -0.39 is 40.0 Å².